The first-order valence-electron chi connectivity index (χ1n) is 23.0. The first kappa shape index (κ1) is 39.9. The molecule has 8 aromatic carbocycles. The van der Waals surface area contributed by atoms with Gasteiger partial charge in [-0.05, 0) is 172 Å². The smallest absolute Gasteiger partial charge is 0.0462 e. The molecular weight excluding hydrogens is 785 g/mol. The van der Waals surface area contributed by atoms with Gasteiger partial charge in [-0.15, -0.1) is 0 Å². The number of anilines is 5. The number of allylic oxidation sites excluding steroid dienone is 7. The van der Waals surface area contributed by atoms with Crippen LogP contribution in [0.1, 0.15) is 47.1 Å². The highest BCUT2D eigenvalue weighted by Crippen LogP contribution is 2.40. The fourth-order valence-corrected chi connectivity index (χ4v) is 9.75. The van der Waals surface area contributed by atoms with Crippen LogP contribution in [-0.4, -0.2) is 0 Å². The molecule has 2 nitrogen and oxygen atoms in total. The Hall–Kier alpha value is -7.94. The molecule has 0 fully saturated rings. The third-order valence-electron chi connectivity index (χ3n) is 13.0. The molecule has 0 spiro atoms. The number of hydrogen-bond acceptors (Lipinski definition) is 2. The summed E-state index contributed by atoms with van der Waals surface area (Å²) in [6.45, 7) is 0. The first-order valence-corrected chi connectivity index (χ1v) is 23.0. The van der Waals surface area contributed by atoms with Crippen molar-refractivity contribution in [2.75, 3.05) is 9.80 Å². The van der Waals surface area contributed by atoms with E-state index in [1.807, 2.05) is 0 Å². The second-order valence-electron chi connectivity index (χ2n) is 17.1. The molecular formula is C63H50N2. The predicted molar refractivity (Wildman–Crippen MR) is 277 cm³/mol. The van der Waals surface area contributed by atoms with Crippen LogP contribution in [0.15, 0.2) is 236 Å². The molecule has 0 N–H and O–H groups in total. The molecule has 0 aromatic heterocycles. The van der Waals surface area contributed by atoms with Crippen LogP contribution < -0.4 is 9.80 Å². The van der Waals surface area contributed by atoms with Gasteiger partial charge in [-0.3, -0.25) is 0 Å². The minimum Gasteiger partial charge on any atom is -0.311 e. The van der Waals surface area contributed by atoms with Crippen molar-refractivity contribution in [3.8, 4) is 33.4 Å². The molecule has 0 amide bonds. The highest BCUT2D eigenvalue weighted by atomic mass is 15.1. The Morgan fingerprint density at radius 1 is 0.323 bits per heavy atom. The average molecular weight is 835 g/mol. The molecule has 0 radical (unpaired) electrons. The topological polar surface area (TPSA) is 6.48 Å². The van der Waals surface area contributed by atoms with Crippen molar-refractivity contribution in [2.45, 2.75) is 32.1 Å². The number of fused-ring (bicyclic) bond motifs is 2. The standard InChI is InChI=1S/C63H50N2/c1-3-22-54(23-4-1)64(58-41-34-50(35-42-58)62-29-13-18-48-15-7-9-27-60(48)62)56-26-12-17-46(31-38-56)52-20-11-21-53(45-52)47-32-39-57(40-33-47)65(55-24-5-2-6-25-55)59-43-36-51(37-44-59)63-30-14-19-49-16-8-10-28-61(49)63/h1-6,9-11,13-14,17-45H,7-8,12,15-16H2. The van der Waals surface area contributed by atoms with Crippen molar-refractivity contribution < 1.29 is 0 Å². The van der Waals surface area contributed by atoms with Crippen molar-refractivity contribution in [1.82, 2.24) is 0 Å². The summed E-state index contributed by atoms with van der Waals surface area (Å²) in [4.78, 5) is 4.71. The summed E-state index contributed by atoms with van der Waals surface area (Å²) in [5, 5.41) is 0. The van der Waals surface area contributed by atoms with Gasteiger partial charge in [0.05, 0.1) is 0 Å². The van der Waals surface area contributed by atoms with Crippen LogP contribution in [0, 0.1) is 0 Å². The highest BCUT2D eigenvalue weighted by Gasteiger charge is 2.18. The summed E-state index contributed by atoms with van der Waals surface area (Å²) in [6.07, 6.45) is 23.7. The summed E-state index contributed by atoms with van der Waals surface area (Å²) in [5.74, 6) is 0. The maximum absolute atomic E-state index is 2.37. The van der Waals surface area contributed by atoms with Crippen LogP contribution in [0.3, 0.4) is 0 Å². The van der Waals surface area contributed by atoms with Crippen LogP contribution in [0.2, 0.25) is 0 Å². The normalized spacial score (nSPS) is 13.8. The Morgan fingerprint density at radius 3 is 1.37 bits per heavy atom. The molecule has 65 heavy (non-hydrogen) atoms. The molecule has 0 heterocycles. The maximum atomic E-state index is 2.37. The van der Waals surface area contributed by atoms with Gasteiger partial charge in [-0.2, -0.15) is 0 Å². The van der Waals surface area contributed by atoms with Gasteiger partial charge < -0.3 is 9.80 Å². The Bertz CT molecular complexity index is 3130. The van der Waals surface area contributed by atoms with E-state index in [9.17, 15) is 0 Å². The van der Waals surface area contributed by atoms with Crippen LogP contribution in [-0.2, 0) is 12.8 Å². The summed E-state index contributed by atoms with van der Waals surface area (Å²) in [5.41, 5.74) is 22.2. The van der Waals surface area contributed by atoms with Crippen molar-refractivity contribution in [1.29, 1.82) is 0 Å². The van der Waals surface area contributed by atoms with E-state index < -0.39 is 0 Å². The van der Waals surface area contributed by atoms with Crippen molar-refractivity contribution in [2.24, 2.45) is 0 Å². The van der Waals surface area contributed by atoms with E-state index in [2.05, 4.69) is 253 Å². The fraction of sp³-hybridized carbons (Fsp3) is 0.0794. The average Bonchev–Trinajstić information content (AvgIpc) is 3.64. The van der Waals surface area contributed by atoms with E-state index in [0.29, 0.717) is 0 Å². The summed E-state index contributed by atoms with van der Waals surface area (Å²) < 4.78 is 0. The van der Waals surface area contributed by atoms with E-state index in [4.69, 9.17) is 0 Å². The maximum Gasteiger partial charge on any atom is 0.0462 e. The third kappa shape index (κ3) is 8.23. The zero-order valence-corrected chi connectivity index (χ0v) is 36.5. The van der Waals surface area contributed by atoms with Crippen LogP contribution in [0.5, 0.6) is 0 Å². The van der Waals surface area contributed by atoms with E-state index in [1.165, 1.54) is 66.8 Å². The Morgan fingerprint density at radius 2 is 0.800 bits per heavy atom. The summed E-state index contributed by atoms with van der Waals surface area (Å²) >= 11 is 0. The van der Waals surface area contributed by atoms with E-state index in [1.54, 1.807) is 0 Å². The van der Waals surface area contributed by atoms with Gasteiger partial charge in [-0.25, -0.2) is 0 Å². The minimum absolute atomic E-state index is 0.821. The molecule has 0 unspecified atom stereocenters. The third-order valence-corrected chi connectivity index (χ3v) is 13.0. The van der Waals surface area contributed by atoms with E-state index in [0.717, 1.165) is 66.2 Å². The number of aryl methyl sites for hydroxylation is 2. The largest absolute Gasteiger partial charge is 0.311 e. The number of para-hydroxylation sites is 2. The van der Waals surface area contributed by atoms with Gasteiger partial charge in [0.15, 0.2) is 0 Å². The second-order valence-corrected chi connectivity index (χ2v) is 17.1. The quantitative estimate of drug-likeness (QED) is 0.135. The van der Waals surface area contributed by atoms with E-state index >= 15 is 0 Å². The van der Waals surface area contributed by atoms with Crippen molar-refractivity contribution in [3.05, 3.63) is 264 Å². The summed E-state index contributed by atoms with van der Waals surface area (Å²) in [7, 11) is 0. The lowest BCUT2D eigenvalue weighted by atomic mass is 9.90. The van der Waals surface area contributed by atoms with E-state index in [-0.39, 0.29) is 0 Å². The van der Waals surface area contributed by atoms with Crippen molar-refractivity contribution >= 4 is 46.2 Å². The predicted octanol–water partition coefficient (Wildman–Crippen LogP) is 17.1. The van der Waals surface area contributed by atoms with Gasteiger partial charge in [0.25, 0.3) is 0 Å². The molecule has 312 valence electrons. The molecule has 0 atom stereocenters. The number of benzene rings is 8. The molecule has 2 heteroatoms. The van der Waals surface area contributed by atoms with Crippen molar-refractivity contribution in [3.63, 3.8) is 0 Å². The number of hydrogen-bond donors (Lipinski definition) is 0. The SMILES string of the molecule is C1=Cc2c(cccc2-c2ccc(N(C3=CCC=C(c4cccc(-c5ccc(N(c6ccccc6)c6ccc(-c7cccc8c7C=CCC8)cc6)cc5)c4)C=C3)c3ccccc3)cc2)CC1. The molecule has 8 aromatic rings. The molecule has 3 aliphatic rings. The van der Waals surface area contributed by atoms with Gasteiger partial charge in [0, 0.05) is 34.1 Å². The molecule has 3 aliphatic carbocycles. The molecule has 0 saturated heterocycles. The second kappa shape index (κ2) is 18.0. The van der Waals surface area contributed by atoms with Gasteiger partial charge in [-0.1, -0.05) is 170 Å². The lowest BCUT2D eigenvalue weighted by Gasteiger charge is -2.26. The van der Waals surface area contributed by atoms with Gasteiger partial charge in [0.2, 0.25) is 0 Å². The Balaban J connectivity index is 0.844. The zero-order chi connectivity index (χ0) is 43.4. The molecule has 0 bridgehead atoms. The van der Waals surface area contributed by atoms with Crippen LogP contribution >= 0.6 is 0 Å². The van der Waals surface area contributed by atoms with Gasteiger partial charge >= 0.3 is 0 Å². The van der Waals surface area contributed by atoms with Crippen LogP contribution in [0.25, 0.3) is 51.1 Å². The molecule has 0 aliphatic heterocycles. The Kier molecular flexibility index (Phi) is 11.1. The monoisotopic (exact) mass is 834 g/mol. The summed E-state index contributed by atoms with van der Waals surface area (Å²) in [6, 6.07) is 70.9. The minimum atomic E-state index is 0.821. The lowest BCUT2D eigenvalue weighted by Crippen LogP contribution is -2.15. The highest BCUT2D eigenvalue weighted by molar-refractivity contribution is 5.85. The lowest BCUT2D eigenvalue weighted by molar-refractivity contribution is 0.986. The van der Waals surface area contributed by atoms with Crippen LogP contribution in [0.4, 0.5) is 28.4 Å². The Labute approximate surface area is 383 Å². The fourth-order valence-electron chi connectivity index (χ4n) is 9.75. The first-order chi connectivity index (χ1) is 32.2. The zero-order valence-electron chi connectivity index (χ0n) is 36.5. The molecule has 11 rings (SSSR count). The van der Waals surface area contributed by atoms with Gasteiger partial charge in [0.1, 0.15) is 0 Å². The number of rotatable bonds is 10. The molecule has 0 saturated carbocycles. The number of nitrogens with zero attached hydrogens (tertiary/aromatic N) is 2.